The third-order valence-electron chi connectivity index (χ3n) is 2.93. The molecule has 1 atom stereocenters. The molecule has 1 aromatic carbocycles. The van der Waals surface area contributed by atoms with Crippen LogP contribution >= 0.6 is 0 Å². The van der Waals surface area contributed by atoms with Gasteiger partial charge in [-0.2, -0.15) is 0 Å². The SMILES string of the molecule is COC(=O)CCCNC1C(=O)Nc2ccccc21. The van der Waals surface area contributed by atoms with Gasteiger partial charge in [-0.1, -0.05) is 18.2 Å². The maximum Gasteiger partial charge on any atom is 0.305 e. The van der Waals surface area contributed by atoms with Crippen molar-refractivity contribution in [1.82, 2.24) is 5.32 Å². The largest absolute Gasteiger partial charge is 0.469 e. The molecule has 1 aliphatic rings. The third kappa shape index (κ3) is 2.68. The number of hydrogen-bond acceptors (Lipinski definition) is 4. The van der Waals surface area contributed by atoms with Crippen molar-refractivity contribution in [3.8, 4) is 0 Å². The number of carbonyl (C=O) groups is 2. The average Bonchev–Trinajstić information content (AvgIpc) is 2.70. The third-order valence-corrected chi connectivity index (χ3v) is 2.93. The first-order valence-corrected chi connectivity index (χ1v) is 5.92. The zero-order valence-electron chi connectivity index (χ0n) is 10.2. The highest BCUT2D eigenvalue weighted by Crippen LogP contribution is 2.29. The van der Waals surface area contributed by atoms with Crippen molar-refractivity contribution in [2.24, 2.45) is 0 Å². The van der Waals surface area contributed by atoms with Crippen LogP contribution in [0, 0.1) is 0 Å². The lowest BCUT2D eigenvalue weighted by Crippen LogP contribution is -2.28. The molecule has 1 unspecified atom stereocenters. The Morgan fingerprint density at radius 3 is 3.00 bits per heavy atom. The van der Waals surface area contributed by atoms with Gasteiger partial charge in [-0.25, -0.2) is 0 Å². The summed E-state index contributed by atoms with van der Waals surface area (Å²) in [7, 11) is 1.37. The summed E-state index contributed by atoms with van der Waals surface area (Å²) in [5.74, 6) is -0.276. The van der Waals surface area contributed by atoms with E-state index in [1.54, 1.807) is 0 Å². The lowest BCUT2D eigenvalue weighted by atomic mass is 10.1. The van der Waals surface area contributed by atoms with Crippen LogP contribution in [0.3, 0.4) is 0 Å². The highest BCUT2D eigenvalue weighted by atomic mass is 16.5. The first kappa shape index (κ1) is 12.6. The summed E-state index contributed by atoms with van der Waals surface area (Å²) < 4.78 is 4.55. The van der Waals surface area contributed by atoms with Gasteiger partial charge in [0.05, 0.1) is 7.11 Å². The quantitative estimate of drug-likeness (QED) is 0.607. The lowest BCUT2D eigenvalue weighted by Gasteiger charge is -2.10. The first-order valence-electron chi connectivity index (χ1n) is 5.92. The van der Waals surface area contributed by atoms with Gasteiger partial charge in [-0.15, -0.1) is 0 Å². The highest BCUT2D eigenvalue weighted by molar-refractivity contribution is 6.02. The predicted octanol–water partition coefficient (Wildman–Crippen LogP) is 1.22. The van der Waals surface area contributed by atoms with E-state index in [-0.39, 0.29) is 17.9 Å². The Bertz CT molecular complexity index is 459. The molecule has 5 nitrogen and oxygen atoms in total. The van der Waals surface area contributed by atoms with E-state index >= 15 is 0 Å². The minimum atomic E-state index is -0.321. The molecule has 2 rings (SSSR count). The summed E-state index contributed by atoms with van der Waals surface area (Å²) in [5.41, 5.74) is 1.81. The van der Waals surface area contributed by atoms with Crippen molar-refractivity contribution in [2.75, 3.05) is 19.0 Å². The van der Waals surface area contributed by atoms with Crippen molar-refractivity contribution >= 4 is 17.6 Å². The Labute approximate surface area is 106 Å². The number of fused-ring (bicyclic) bond motifs is 1. The number of anilines is 1. The topological polar surface area (TPSA) is 67.4 Å². The summed E-state index contributed by atoms with van der Waals surface area (Å²) in [6.45, 7) is 0.599. The fourth-order valence-electron chi connectivity index (χ4n) is 1.99. The summed E-state index contributed by atoms with van der Waals surface area (Å²) in [4.78, 5) is 22.7. The zero-order chi connectivity index (χ0) is 13.0. The second-order valence-corrected chi connectivity index (χ2v) is 4.14. The van der Waals surface area contributed by atoms with Crippen molar-refractivity contribution in [3.63, 3.8) is 0 Å². The molecule has 1 aliphatic heterocycles. The van der Waals surface area contributed by atoms with Crippen molar-refractivity contribution < 1.29 is 14.3 Å². The number of rotatable bonds is 5. The van der Waals surface area contributed by atoms with E-state index in [4.69, 9.17) is 0 Å². The Balaban J connectivity index is 1.87. The normalized spacial score (nSPS) is 17.2. The Kier molecular flexibility index (Phi) is 3.94. The highest BCUT2D eigenvalue weighted by Gasteiger charge is 2.29. The number of carbonyl (C=O) groups excluding carboxylic acids is 2. The number of hydrogen-bond donors (Lipinski definition) is 2. The van der Waals surface area contributed by atoms with Gasteiger partial charge in [-0.3, -0.25) is 9.59 Å². The van der Waals surface area contributed by atoms with E-state index in [9.17, 15) is 9.59 Å². The van der Waals surface area contributed by atoms with Crippen LogP contribution in [-0.2, 0) is 14.3 Å². The number of benzene rings is 1. The van der Waals surface area contributed by atoms with Gasteiger partial charge < -0.3 is 15.4 Å². The van der Waals surface area contributed by atoms with Gasteiger partial charge in [0.15, 0.2) is 0 Å². The van der Waals surface area contributed by atoms with Gasteiger partial charge in [0.2, 0.25) is 5.91 Å². The molecule has 0 aromatic heterocycles. The van der Waals surface area contributed by atoms with Crippen LogP contribution in [-0.4, -0.2) is 25.5 Å². The summed E-state index contributed by atoms with van der Waals surface area (Å²) in [6, 6.07) is 7.27. The molecule has 0 bridgehead atoms. The summed E-state index contributed by atoms with van der Waals surface area (Å²) in [5, 5.41) is 5.96. The van der Waals surface area contributed by atoms with E-state index in [0.29, 0.717) is 19.4 Å². The van der Waals surface area contributed by atoms with Crippen LogP contribution in [0.2, 0.25) is 0 Å². The maximum absolute atomic E-state index is 11.8. The Morgan fingerprint density at radius 1 is 1.44 bits per heavy atom. The molecule has 0 aliphatic carbocycles. The van der Waals surface area contributed by atoms with Gasteiger partial charge in [0.1, 0.15) is 6.04 Å². The molecule has 5 heteroatoms. The predicted molar refractivity (Wildman–Crippen MR) is 67.1 cm³/mol. The fraction of sp³-hybridized carbons (Fsp3) is 0.385. The number of esters is 1. The zero-order valence-corrected chi connectivity index (χ0v) is 10.2. The van der Waals surface area contributed by atoms with E-state index in [1.807, 2.05) is 24.3 Å². The van der Waals surface area contributed by atoms with Gasteiger partial charge >= 0.3 is 5.97 Å². The lowest BCUT2D eigenvalue weighted by molar-refractivity contribution is -0.140. The molecule has 2 N–H and O–H groups in total. The van der Waals surface area contributed by atoms with Crippen molar-refractivity contribution in [1.29, 1.82) is 0 Å². The van der Waals surface area contributed by atoms with Crippen molar-refractivity contribution in [2.45, 2.75) is 18.9 Å². The van der Waals surface area contributed by atoms with Gasteiger partial charge in [-0.05, 0) is 19.0 Å². The molecule has 1 amide bonds. The van der Waals surface area contributed by atoms with E-state index in [0.717, 1.165) is 11.3 Å². The second kappa shape index (κ2) is 5.64. The minimum absolute atomic E-state index is 0.0470. The molecule has 0 radical (unpaired) electrons. The number of methoxy groups -OCH3 is 1. The molecule has 0 fully saturated rings. The van der Waals surface area contributed by atoms with Crippen LogP contribution in [0.1, 0.15) is 24.4 Å². The molecule has 0 spiro atoms. The standard InChI is InChI=1S/C13H16N2O3/c1-18-11(16)7-4-8-14-12-9-5-2-3-6-10(9)15-13(12)17/h2-3,5-6,12,14H,4,7-8H2,1H3,(H,15,17). The van der Waals surface area contributed by atoms with Crippen LogP contribution in [0.15, 0.2) is 24.3 Å². The molecule has 1 aromatic rings. The number of nitrogens with one attached hydrogen (secondary N) is 2. The monoisotopic (exact) mass is 248 g/mol. The van der Waals surface area contributed by atoms with Gasteiger partial charge in [0, 0.05) is 17.7 Å². The van der Waals surface area contributed by atoms with Crippen LogP contribution < -0.4 is 10.6 Å². The van der Waals surface area contributed by atoms with Crippen LogP contribution in [0.4, 0.5) is 5.69 Å². The Hall–Kier alpha value is -1.88. The fourth-order valence-corrected chi connectivity index (χ4v) is 1.99. The molecule has 18 heavy (non-hydrogen) atoms. The minimum Gasteiger partial charge on any atom is -0.469 e. The molecule has 1 heterocycles. The second-order valence-electron chi connectivity index (χ2n) is 4.14. The average molecular weight is 248 g/mol. The summed E-state index contributed by atoms with van der Waals surface area (Å²) in [6.07, 6.45) is 1.01. The van der Waals surface area contributed by atoms with E-state index in [2.05, 4.69) is 15.4 Å². The van der Waals surface area contributed by atoms with Gasteiger partial charge in [0.25, 0.3) is 0 Å². The number of para-hydroxylation sites is 1. The molecular weight excluding hydrogens is 232 g/mol. The molecule has 96 valence electrons. The smallest absolute Gasteiger partial charge is 0.305 e. The number of ether oxygens (including phenoxy) is 1. The molecule has 0 saturated carbocycles. The summed E-state index contributed by atoms with van der Waals surface area (Å²) >= 11 is 0. The van der Waals surface area contributed by atoms with Crippen LogP contribution in [0.5, 0.6) is 0 Å². The molecular formula is C13H16N2O3. The van der Waals surface area contributed by atoms with Crippen LogP contribution in [0.25, 0.3) is 0 Å². The van der Waals surface area contributed by atoms with Crippen molar-refractivity contribution in [3.05, 3.63) is 29.8 Å². The maximum atomic E-state index is 11.8. The Morgan fingerprint density at radius 2 is 2.22 bits per heavy atom. The molecule has 0 saturated heterocycles. The van der Waals surface area contributed by atoms with E-state index in [1.165, 1.54) is 7.11 Å². The van der Waals surface area contributed by atoms with E-state index < -0.39 is 0 Å². The number of amides is 1. The first-order chi connectivity index (χ1) is 8.72.